The van der Waals surface area contributed by atoms with Gasteiger partial charge in [-0.25, -0.2) is 0 Å². The largest absolute Gasteiger partial charge is 0.457 e. The van der Waals surface area contributed by atoms with Crippen molar-refractivity contribution in [1.29, 1.82) is 0 Å². The van der Waals surface area contributed by atoms with Gasteiger partial charge < -0.3 is 4.74 Å². The number of carbonyl (C=O) groups excluding carboxylic acids is 3. The quantitative estimate of drug-likeness (QED) is 0.633. The lowest BCUT2D eigenvalue weighted by Gasteiger charge is -2.36. The number of ketones is 2. The Hall–Kier alpha value is -1.97. The fraction of sp³-hybridized carbons (Fsp3) is 0.500. The lowest BCUT2D eigenvalue weighted by molar-refractivity contribution is -0.152. The minimum atomic E-state index is -0.325. The number of ether oxygens (including phenoxy) is 1. The van der Waals surface area contributed by atoms with E-state index in [2.05, 4.69) is 0 Å². The van der Waals surface area contributed by atoms with Crippen molar-refractivity contribution in [2.75, 3.05) is 6.61 Å². The molecule has 2 aliphatic rings. The molecule has 0 aromatic heterocycles. The first-order valence-corrected chi connectivity index (χ1v) is 7.93. The minimum absolute atomic E-state index is 0.0230. The Labute approximate surface area is 129 Å². The fourth-order valence-corrected chi connectivity index (χ4v) is 3.63. The third-order valence-corrected chi connectivity index (χ3v) is 4.82. The predicted molar refractivity (Wildman–Crippen MR) is 80.3 cm³/mol. The van der Waals surface area contributed by atoms with Gasteiger partial charge in [-0.05, 0) is 25.7 Å². The maximum atomic E-state index is 12.2. The molecule has 0 spiro atoms. The molecule has 116 valence electrons. The van der Waals surface area contributed by atoms with Crippen LogP contribution >= 0.6 is 0 Å². The van der Waals surface area contributed by atoms with Gasteiger partial charge in [0, 0.05) is 17.4 Å². The summed E-state index contributed by atoms with van der Waals surface area (Å²) in [4.78, 5) is 36.2. The Balaban J connectivity index is 1.54. The highest BCUT2D eigenvalue weighted by molar-refractivity contribution is 5.98. The van der Waals surface area contributed by atoms with Crippen LogP contribution in [-0.4, -0.2) is 24.1 Å². The van der Waals surface area contributed by atoms with Gasteiger partial charge in [0.25, 0.3) is 0 Å². The van der Waals surface area contributed by atoms with Gasteiger partial charge in [0.05, 0.1) is 5.92 Å². The highest BCUT2D eigenvalue weighted by Gasteiger charge is 2.41. The molecule has 4 nitrogen and oxygen atoms in total. The van der Waals surface area contributed by atoms with Crippen molar-refractivity contribution in [3.8, 4) is 0 Å². The lowest BCUT2D eigenvalue weighted by atomic mass is 9.67. The van der Waals surface area contributed by atoms with Gasteiger partial charge in [-0.3, -0.25) is 14.4 Å². The minimum Gasteiger partial charge on any atom is -0.457 e. The van der Waals surface area contributed by atoms with Crippen LogP contribution in [0.5, 0.6) is 0 Å². The summed E-state index contributed by atoms with van der Waals surface area (Å²) >= 11 is 0. The number of esters is 1. The van der Waals surface area contributed by atoms with E-state index in [1.54, 1.807) is 24.3 Å². The number of fused-ring (bicyclic) bond motifs is 2. The molecule has 2 bridgehead atoms. The number of rotatable bonds is 4. The molecule has 1 aromatic carbocycles. The van der Waals surface area contributed by atoms with Crippen molar-refractivity contribution >= 4 is 17.5 Å². The third-order valence-electron chi connectivity index (χ3n) is 4.82. The molecule has 0 aliphatic heterocycles. The Morgan fingerprint density at radius 3 is 2.32 bits per heavy atom. The van der Waals surface area contributed by atoms with Crippen LogP contribution in [0.15, 0.2) is 30.3 Å². The number of carbonyl (C=O) groups is 3. The molecule has 0 N–H and O–H groups in total. The summed E-state index contributed by atoms with van der Waals surface area (Å²) in [5.41, 5.74) is 0.547. The molecule has 3 rings (SSSR count). The molecule has 1 aromatic rings. The molecule has 0 amide bonds. The molecule has 1 unspecified atom stereocenters. The summed E-state index contributed by atoms with van der Waals surface area (Å²) in [6, 6.07) is 8.81. The summed E-state index contributed by atoms with van der Waals surface area (Å²) < 4.78 is 5.20. The van der Waals surface area contributed by atoms with E-state index in [1.807, 2.05) is 6.07 Å². The van der Waals surface area contributed by atoms with Crippen molar-refractivity contribution in [3.63, 3.8) is 0 Å². The zero-order valence-corrected chi connectivity index (χ0v) is 12.5. The summed E-state index contributed by atoms with van der Waals surface area (Å²) in [5, 5.41) is 0. The summed E-state index contributed by atoms with van der Waals surface area (Å²) in [6.45, 7) is -0.220. The third kappa shape index (κ3) is 3.11. The Kier molecular flexibility index (Phi) is 4.36. The van der Waals surface area contributed by atoms with Crippen molar-refractivity contribution in [2.24, 2.45) is 17.8 Å². The average Bonchev–Trinajstić information content (AvgIpc) is 2.53. The Bertz CT molecular complexity index is 562. The zero-order chi connectivity index (χ0) is 15.5. The van der Waals surface area contributed by atoms with Gasteiger partial charge in [-0.2, -0.15) is 0 Å². The summed E-state index contributed by atoms with van der Waals surface area (Å²) in [5.74, 6) is -0.369. The second-order valence-electron chi connectivity index (χ2n) is 6.29. The molecular weight excluding hydrogens is 280 g/mol. The van der Waals surface area contributed by atoms with E-state index in [4.69, 9.17) is 4.74 Å². The number of hydrogen-bond donors (Lipinski definition) is 0. The van der Waals surface area contributed by atoms with Crippen LogP contribution in [0, 0.1) is 17.8 Å². The van der Waals surface area contributed by atoms with E-state index in [1.165, 1.54) is 0 Å². The number of benzene rings is 1. The van der Waals surface area contributed by atoms with Crippen molar-refractivity contribution in [3.05, 3.63) is 35.9 Å². The molecule has 3 atom stereocenters. The van der Waals surface area contributed by atoms with E-state index in [0.29, 0.717) is 24.2 Å². The molecule has 2 saturated carbocycles. The number of hydrogen-bond acceptors (Lipinski definition) is 4. The predicted octanol–water partition coefficient (Wildman–Crippen LogP) is 2.81. The van der Waals surface area contributed by atoms with E-state index in [-0.39, 0.29) is 36.1 Å². The topological polar surface area (TPSA) is 60.4 Å². The first kappa shape index (κ1) is 14.9. The standard InChI is InChI=1S/C18H20O4/c19-16(12-5-2-1-3-6-12)11-22-18(21)15-9-13-7-4-8-14(10-15)17(13)20/h1-3,5-6,13-15H,4,7-11H2/t13-,14+,15?. The van der Waals surface area contributed by atoms with Crippen LogP contribution in [-0.2, 0) is 14.3 Å². The first-order chi connectivity index (χ1) is 10.6. The van der Waals surface area contributed by atoms with Gasteiger partial charge in [-0.15, -0.1) is 0 Å². The van der Waals surface area contributed by atoms with Crippen LogP contribution in [0.25, 0.3) is 0 Å². The second-order valence-corrected chi connectivity index (χ2v) is 6.29. The van der Waals surface area contributed by atoms with Gasteiger partial charge in [0.15, 0.2) is 12.4 Å². The van der Waals surface area contributed by atoms with Crippen LogP contribution in [0.4, 0.5) is 0 Å². The SMILES string of the molecule is O=C(COC(=O)C1C[C@H]2CCC[C@@H](C1)C2=O)c1ccccc1. The van der Waals surface area contributed by atoms with Crippen LogP contribution in [0.1, 0.15) is 42.5 Å². The molecule has 0 saturated heterocycles. The van der Waals surface area contributed by atoms with Gasteiger partial charge in [0.1, 0.15) is 5.78 Å². The average molecular weight is 300 g/mol. The highest BCUT2D eigenvalue weighted by atomic mass is 16.5. The highest BCUT2D eigenvalue weighted by Crippen LogP contribution is 2.40. The monoisotopic (exact) mass is 300 g/mol. The van der Waals surface area contributed by atoms with E-state index < -0.39 is 0 Å². The van der Waals surface area contributed by atoms with Crippen LogP contribution in [0.2, 0.25) is 0 Å². The summed E-state index contributed by atoms with van der Waals surface area (Å²) in [7, 11) is 0. The van der Waals surface area contributed by atoms with Crippen molar-refractivity contribution in [1.82, 2.24) is 0 Å². The fourth-order valence-electron chi connectivity index (χ4n) is 3.63. The summed E-state index contributed by atoms with van der Waals surface area (Å²) in [6.07, 6.45) is 4.04. The molecule has 4 heteroatoms. The maximum Gasteiger partial charge on any atom is 0.309 e. The van der Waals surface area contributed by atoms with Crippen molar-refractivity contribution < 1.29 is 19.1 Å². The second kappa shape index (κ2) is 6.42. The molecule has 2 aliphatic carbocycles. The van der Waals surface area contributed by atoms with Crippen LogP contribution in [0.3, 0.4) is 0 Å². The van der Waals surface area contributed by atoms with E-state index >= 15 is 0 Å². The molecule has 22 heavy (non-hydrogen) atoms. The first-order valence-electron chi connectivity index (χ1n) is 7.93. The van der Waals surface area contributed by atoms with Crippen LogP contribution < -0.4 is 0 Å². The van der Waals surface area contributed by atoms with Crippen molar-refractivity contribution in [2.45, 2.75) is 32.1 Å². The Morgan fingerprint density at radius 2 is 1.68 bits per heavy atom. The molecular formula is C18H20O4. The lowest BCUT2D eigenvalue weighted by Crippen LogP contribution is -2.39. The van der Waals surface area contributed by atoms with E-state index in [9.17, 15) is 14.4 Å². The molecule has 2 fully saturated rings. The molecule has 0 heterocycles. The Morgan fingerprint density at radius 1 is 1.05 bits per heavy atom. The van der Waals surface area contributed by atoms with Gasteiger partial charge in [-0.1, -0.05) is 36.8 Å². The zero-order valence-electron chi connectivity index (χ0n) is 12.5. The van der Waals surface area contributed by atoms with E-state index in [0.717, 1.165) is 19.3 Å². The molecule has 0 radical (unpaired) electrons. The van der Waals surface area contributed by atoms with Gasteiger partial charge in [0.2, 0.25) is 0 Å². The smallest absolute Gasteiger partial charge is 0.309 e. The van der Waals surface area contributed by atoms with Gasteiger partial charge >= 0.3 is 5.97 Å². The number of Topliss-reactive ketones (excluding diaryl/α,β-unsaturated/α-hetero) is 2. The normalized spacial score (nSPS) is 27.3. The maximum absolute atomic E-state index is 12.2.